The van der Waals surface area contributed by atoms with Gasteiger partial charge in [0.1, 0.15) is 0 Å². The van der Waals surface area contributed by atoms with Crippen molar-refractivity contribution in [1.82, 2.24) is 4.90 Å². The van der Waals surface area contributed by atoms with Gasteiger partial charge in [-0.05, 0) is 38.4 Å². The van der Waals surface area contributed by atoms with Gasteiger partial charge in [0.2, 0.25) is 5.91 Å². The smallest absolute Gasteiger partial charge is 0.224 e. The molecule has 102 valence electrons. The zero-order valence-electron chi connectivity index (χ0n) is 11.4. The van der Waals surface area contributed by atoms with Gasteiger partial charge in [0.05, 0.1) is 3.79 Å². The quantitative estimate of drug-likeness (QED) is 0.919. The van der Waals surface area contributed by atoms with E-state index in [4.69, 9.17) is 5.73 Å². The Kier molecular flexibility index (Phi) is 5.37. The summed E-state index contributed by atoms with van der Waals surface area (Å²) in [5.41, 5.74) is 7.14. The van der Waals surface area contributed by atoms with Crippen molar-refractivity contribution < 1.29 is 4.79 Å². The lowest BCUT2D eigenvalue weighted by Crippen LogP contribution is -2.40. The third kappa shape index (κ3) is 4.71. The molecule has 0 fully saturated rings. The van der Waals surface area contributed by atoms with Crippen LogP contribution in [0.15, 0.2) is 15.2 Å². The third-order valence-electron chi connectivity index (χ3n) is 2.97. The summed E-state index contributed by atoms with van der Waals surface area (Å²) in [7, 11) is 1.82. The molecule has 1 aromatic heterocycles. The molecule has 0 aliphatic carbocycles. The van der Waals surface area contributed by atoms with E-state index in [1.807, 2.05) is 13.1 Å². The maximum Gasteiger partial charge on any atom is 0.224 e. The normalized spacial score (nSPS) is 13.4. The van der Waals surface area contributed by atoms with E-state index >= 15 is 0 Å². The fourth-order valence-electron chi connectivity index (χ4n) is 1.44. The minimum atomic E-state index is -0.110. The van der Waals surface area contributed by atoms with Crippen LogP contribution in [0.1, 0.15) is 32.8 Å². The van der Waals surface area contributed by atoms with Gasteiger partial charge in [-0.15, -0.1) is 11.3 Å². The van der Waals surface area contributed by atoms with Crippen LogP contribution in [-0.2, 0) is 11.3 Å². The summed E-state index contributed by atoms with van der Waals surface area (Å²) >= 11 is 5.05. The molecule has 0 spiro atoms. The lowest BCUT2D eigenvalue weighted by Gasteiger charge is -2.28. The SMILES string of the molecule is CN(Cc1csc(Br)c1)C(=O)CC(N)C(C)(C)C. The molecule has 0 saturated carbocycles. The number of thiophene rings is 1. The largest absolute Gasteiger partial charge is 0.341 e. The molecule has 2 N–H and O–H groups in total. The van der Waals surface area contributed by atoms with Gasteiger partial charge in [-0.2, -0.15) is 0 Å². The monoisotopic (exact) mass is 332 g/mol. The number of halogens is 1. The topological polar surface area (TPSA) is 46.3 Å². The third-order valence-corrected chi connectivity index (χ3v) is 4.53. The summed E-state index contributed by atoms with van der Waals surface area (Å²) in [6.07, 6.45) is 0.394. The van der Waals surface area contributed by atoms with E-state index in [0.717, 1.165) is 9.35 Å². The maximum atomic E-state index is 12.0. The first kappa shape index (κ1) is 15.7. The number of hydrogen-bond acceptors (Lipinski definition) is 3. The Labute approximate surface area is 121 Å². The average molecular weight is 333 g/mol. The van der Waals surface area contributed by atoms with Gasteiger partial charge in [0, 0.05) is 26.1 Å². The highest BCUT2D eigenvalue weighted by atomic mass is 79.9. The van der Waals surface area contributed by atoms with Crippen LogP contribution in [0.4, 0.5) is 0 Å². The second-order valence-electron chi connectivity index (χ2n) is 5.69. The van der Waals surface area contributed by atoms with Crippen LogP contribution in [0.3, 0.4) is 0 Å². The number of rotatable bonds is 4. The number of hydrogen-bond donors (Lipinski definition) is 1. The van der Waals surface area contributed by atoms with Gasteiger partial charge >= 0.3 is 0 Å². The maximum absolute atomic E-state index is 12.0. The van der Waals surface area contributed by atoms with Gasteiger partial charge in [0.15, 0.2) is 0 Å². The van der Waals surface area contributed by atoms with E-state index < -0.39 is 0 Å². The second-order valence-corrected chi connectivity index (χ2v) is 7.98. The molecule has 1 unspecified atom stereocenters. The van der Waals surface area contributed by atoms with Crippen LogP contribution in [0.5, 0.6) is 0 Å². The van der Waals surface area contributed by atoms with Gasteiger partial charge in [0.25, 0.3) is 0 Å². The Hall–Kier alpha value is -0.390. The van der Waals surface area contributed by atoms with E-state index in [9.17, 15) is 4.79 Å². The molecule has 0 saturated heterocycles. The van der Waals surface area contributed by atoms with Crippen LogP contribution in [-0.4, -0.2) is 23.9 Å². The van der Waals surface area contributed by atoms with E-state index in [1.165, 1.54) is 0 Å². The minimum Gasteiger partial charge on any atom is -0.341 e. The summed E-state index contributed by atoms with van der Waals surface area (Å²) < 4.78 is 1.09. The molecule has 0 aliphatic heterocycles. The fraction of sp³-hybridized carbons (Fsp3) is 0.615. The van der Waals surface area contributed by atoms with Crippen LogP contribution in [0, 0.1) is 5.41 Å². The molecular weight excluding hydrogens is 312 g/mol. The van der Waals surface area contributed by atoms with Crippen LogP contribution in [0.2, 0.25) is 0 Å². The van der Waals surface area contributed by atoms with Crippen LogP contribution < -0.4 is 5.73 Å². The van der Waals surface area contributed by atoms with E-state index in [0.29, 0.717) is 13.0 Å². The van der Waals surface area contributed by atoms with Crippen molar-refractivity contribution in [2.75, 3.05) is 7.05 Å². The highest BCUT2D eigenvalue weighted by Crippen LogP contribution is 2.23. The molecule has 5 heteroatoms. The predicted molar refractivity (Wildman–Crippen MR) is 80.5 cm³/mol. The Morgan fingerprint density at radius 3 is 2.61 bits per heavy atom. The van der Waals surface area contributed by atoms with Crippen molar-refractivity contribution in [3.05, 3.63) is 20.8 Å². The highest BCUT2D eigenvalue weighted by molar-refractivity contribution is 9.11. The summed E-state index contributed by atoms with van der Waals surface area (Å²) in [5, 5.41) is 2.05. The first-order chi connectivity index (χ1) is 8.20. The van der Waals surface area contributed by atoms with Gasteiger partial charge < -0.3 is 10.6 Å². The number of nitrogens with two attached hydrogens (primary N) is 1. The lowest BCUT2D eigenvalue weighted by atomic mass is 9.85. The molecule has 18 heavy (non-hydrogen) atoms. The Bertz CT molecular complexity index is 411. The van der Waals surface area contributed by atoms with Gasteiger partial charge in [-0.1, -0.05) is 20.8 Å². The summed E-state index contributed by atoms with van der Waals surface area (Å²) in [5.74, 6) is 0.0970. The summed E-state index contributed by atoms with van der Waals surface area (Å²) in [4.78, 5) is 13.8. The lowest BCUT2D eigenvalue weighted by molar-refractivity contribution is -0.131. The Morgan fingerprint density at radius 2 is 2.17 bits per heavy atom. The molecular formula is C13H21BrN2OS. The van der Waals surface area contributed by atoms with Crippen molar-refractivity contribution in [2.45, 2.75) is 39.8 Å². The second kappa shape index (κ2) is 6.17. The number of carbonyl (C=O) groups excluding carboxylic acids is 1. The van der Waals surface area contributed by atoms with E-state index in [-0.39, 0.29) is 17.4 Å². The van der Waals surface area contributed by atoms with Crippen molar-refractivity contribution in [1.29, 1.82) is 0 Å². The Morgan fingerprint density at radius 1 is 1.56 bits per heavy atom. The Balaban J connectivity index is 2.52. The van der Waals surface area contributed by atoms with Crippen molar-refractivity contribution in [3.8, 4) is 0 Å². The van der Waals surface area contributed by atoms with Crippen molar-refractivity contribution in [3.63, 3.8) is 0 Å². The highest BCUT2D eigenvalue weighted by Gasteiger charge is 2.24. The van der Waals surface area contributed by atoms with Crippen LogP contribution in [0.25, 0.3) is 0 Å². The van der Waals surface area contributed by atoms with Gasteiger partial charge in [-0.3, -0.25) is 4.79 Å². The molecule has 1 heterocycles. The number of carbonyl (C=O) groups is 1. The van der Waals surface area contributed by atoms with Crippen molar-refractivity contribution in [2.24, 2.45) is 11.1 Å². The standard InChI is InChI=1S/C13H21BrN2OS/c1-13(2,3)10(15)6-12(17)16(4)7-9-5-11(14)18-8-9/h5,8,10H,6-7,15H2,1-4H3. The predicted octanol–water partition coefficient (Wildman–Crippen LogP) is 3.23. The number of amides is 1. The van der Waals surface area contributed by atoms with Crippen molar-refractivity contribution >= 4 is 33.2 Å². The molecule has 0 aromatic carbocycles. The van der Waals surface area contributed by atoms with Gasteiger partial charge in [-0.25, -0.2) is 0 Å². The molecule has 0 radical (unpaired) electrons. The fourth-order valence-corrected chi connectivity index (χ4v) is 2.64. The molecule has 3 nitrogen and oxygen atoms in total. The average Bonchev–Trinajstić information content (AvgIpc) is 2.62. The van der Waals surface area contributed by atoms with E-state index in [1.54, 1.807) is 16.2 Å². The van der Waals surface area contributed by atoms with Crippen LogP contribution >= 0.6 is 27.3 Å². The zero-order chi connectivity index (χ0) is 13.9. The first-order valence-electron chi connectivity index (χ1n) is 5.92. The molecule has 1 aromatic rings. The zero-order valence-corrected chi connectivity index (χ0v) is 13.8. The van der Waals surface area contributed by atoms with E-state index in [2.05, 4.69) is 42.1 Å². The molecule has 1 amide bonds. The molecule has 0 bridgehead atoms. The summed E-state index contributed by atoms with van der Waals surface area (Å²) in [6, 6.07) is 1.93. The summed E-state index contributed by atoms with van der Waals surface area (Å²) in [6.45, 7) is 6.81. The molecule has 1 rings (SSSR count). The number of nitrogens with zero attached hydrogens (tertiary/aromatic N) is 1. The molecule has 0 aliphatic rings. The first-order valence-corrected chi connectivity index (χ1v) is 7.60. The minimum absolute atomic E-state index is 0.0398. The molecule has 1 atom stereocenters.